The summed E-state index contributed by atoms with van der Waals surface area (Å²) in [6, 6.07) is 2.73. The van der Waals surface area contributed by atoms with Crippen molar-refractivity contribution in [2.24, 2.45) is 7.05 Å². The molecule has 0 fully saturated rings. The highest BCUT2D eigenvalue weighted by Gasteiger charge is 2.12. The highest BCUT2D eigenvalue weighted by Crippen LogP contribution is 2.25. The van der Waals surface area contributed by atoms with Crippen LogP contribution in [0.3, 0.4) is 0 Å². The Balaban J connectivity index is 1.98. The Morgan fingerprint density at radius 3 is 2.94 bits per heavy atom. The van der Waals surface area contributed by atoms with Gasteiger partial charge in [0.25, 0.3) is 0 Å². The summed E-state index contributed by atoms with van der Waals surface area (Å²) in [5.41, 5.74) is 2.72. The maximum Gasteiger partial charge on any atom is 0.0656 e. The van der Waals surface area contributed by atoms with Crippen LogP contribution < -0.4 is 5.32 Å². The number of rotatable bonds is 6. The molecule has 1 N–H and O–H groups in total. The second-order valence-electron chi connectivity index (χ2n) is 4.36. The predicted octanol–water partition coefficient (Wildman–Crippen LogP) is 3.37. The Labute approximate surface area is 126 Å². The van der Waals surface area contributed by atoms with Crippen molar-refractivity contribution in [2.75, 3.05) is 6.54 Å². The number of aryl methyl sites for hydroxylation is 2. The van der Waals surface area contributed by atoms with Crippen molar-refractivity contribution in [1.82, 2.24) is 15.1 Å². The van der Waals surface area contributed by atoms with Crippen molar-refractivity contribution in [2.45, 2.75) is 25.8 Å². The minimum atomic E-state index is 0.454. The van der Waals surface area contributed by atoms with Crippen molar-refractivity contribution in [3.63, 3.8) is 0 Å². The molecule has 0 aliphatic rings. The molecule has 3 nitrogen and oxygen atoms in total. The molecule has 2 rings (SSSR count). The molecular formula is C13H18IN3S. The molecule has 0 aromatic carbocycles. The zero-order valence-corrected chi connectivity index (χ0v) is 13.7. The van der Waals surface area contributed by atoms with Gasteiger partial charge in [-0.2, -0.15) is 5.10 Å². The van der Waals surface area contributed by atoms with Gasteiger partial charge in [0.1, 0.15) is 0 Å². The third-order valence-electron chi connectivity index (χ3n) is 2.92. The lowest BCUT2D eigenvalue weighted by Gasteiger charge is -2.16. The molecule has 2 aromatic heterocycles. The fourth-order valence-corrected chi connectivity index (χ4v) is 3.48. The van der Waals surface area contributed by atoms with Crippen LogP contribution >= 0.6 is 33.9 Å². The van der Waals surface area contributed by atoms with Crippen LogP contribution in [0.4, 0.5) is 0 Å². The van der Waals surface area contributed by atoms with E-state index >= 15 is 0 Å². The van der Waals surface area contributed by atoms with E-state index in [9.17, 15) is 0 Å². The Morgan fingerprint density at radius 2 is 2.39 bits per heavy atom. The second-order valence-corrected chi connectivity index (χ2v) is 7.16. The molecule has 2 aromatic rings. The molecule has 0 aliphatic carbocycles. The summed E-state index contributed by atoms with van der Waals surface area (Å²) in [6.45, 7) is 3.17. The van der Waals surface area contributed by atoms with E-state index in [1.54, 1.807) is 0 Å². The number of nitrogens with one attached hydrogen (secondary N) is 1. The SMILES string of the molecule is CCNC(CCc1cnn(C)c1)c1csc(I)c1. The summed E-state index contributed by atoms with van der Waals surface area (Å²) < 4.78 is 3.22. The molecule has 1 unspecified atom stereocenters. The van der Waals surface area contributed by atoms with Crippen molar-refractivity contribution < 1.29 is 0 Å². The highest BCUT2D eigenvalue weighted by molar-refractivity contribution is 14.1. The first-order valence-electron chi connectivity index (χ1n) is 6.14. The minimum absolute atomic E-state index is 0.454. The molecule has 0 aliphatic heterocycles. The Kier molecular flexibility index (Phi) is 5.20. The molecule has 5 heteroatoms. The van der Waals surface area contributed by atoms with E-state index in [1.807, 2.05) is 29.3 Å². The van der Waals surface area contributed by atoms with E-state index in [0.717, 1.165) is 19.4 Å². The molecule has 0 saturated heterocycles. The van der Waals surface area contributed by atoms with Crippen LogP contribution in [0.5, 0.6) is 0 Å². The van der Waals surface area contributed by atoms with E-state index in [0.29, 0.717) is 6.04 Å². The average Bonchev–Trinajstić information content (AvgIpc) is 2.94. The first-order chi connectivity index (χ1) is 8.69. The number of halogens is 1. The molecule has 0 spiro atoms. The van der Waals surface area contributed by atoms with E-state index in [4.69, 9.17) is 0 Å². The van der Waals surface area contributed by atoms with Gasteiger partial charge in [-0.25, -0.2) is 0 Å². The van der Waals surface area contributed by atoms with Crippen LogP contribution in [0.25, 0.3) is 0 Å². The molecule has 18 heavy (non-hydrogen) atoms. The topological polar surface area (TPSA) is 29.9 Å². The van der Waals surface area contributed by atoms with Gasteiger partial charge >= 0.3 is 0 Å². The summed E-state index contributed by atoms with van der Waals surface area (Å²) in [4.78, 5) is 0. The van der Waals surface area contributed by atoms with Gasteiger partial charge in [0.2, 0.25) is 0 Å². The first kappa shape index (κ1) is 14.0. The van der Waals surface area contributed by atoms with Gasteiger partial charge in [0, 0.05) is 19.3 Å². The number of nitrogens with zero attached hydrogens (tertiary/aromatic N) is 2. The minimum Gasteiger partial charge on any atom is -0.310 e. The quantitative estimate of drug-likeness (QED) is 0.785. The molecule has 0 saturated carbocycles. The van der Waals surface area contributed by atoms with Crippen LogP contribution in [0.1, 0.15) is 30.5 Å². The van der Waals surface area contributed by atoms with Gasteiger partial charge in [-0.05, 0) is 64.6 Å². The Morgan fingerprint density at radius 1 is 1.56 bits per heavy atom. The summed E-state index contributed by atoms with van der Waals surface area (Å²) in [5, 5.41) is 10.0. The molecule has 0 bridgehead atoms. The van der Waals surface area contributed by atoms with Crippen LogP contribution in [-0.2, 0) is 13.5 Å². The van der Waals surface area contributed by atoms with Crippen LogP contribution in [-0.4, -0.2) is 16.3 Å². The zero-order valence-electron chi connectivity index (χ0n) is 10.7. The fourth-order valence-electron chi connectivity index (χ4n) is 2.05. The molecule has 0 radical (unpaired) electrons. The number of hydrogen-bond donors (Lipinski definition) is 1. The lowest BCUT2D eigenvalue weighted by molar-refractivity contribution is 0.516. The molecular weight excluding hydrogens is 357 g/mol. The summed E-state index contributed by atoms with van der Waals surface area (Å²) in [6.07, 6.45) is 6.24. The smallest absolute Gasteiger partial charge is 0.0656 e. The summed E-state index contributed by atoms with van der Waals surface area (Å²) in [7, 11) is 1.96. The zero-order chi connectivity index (χ0) is 13.0. The lowest BCUT2D eigenvalue weighted by atomic mass is 10.0. The maximum atomic E-state index is 4.21. The van der Waals surface area contributed by atoms with Crippen molar-refractivity contribution in [3.8, 4) is 0 Å². The van der Waals surface area contributed by atoms with E-state index < -0.39 is 0 Å². The third kappa shape index (κ3) is 3.80. The maximum absolute atomic E-state index is 4.21. The average molecular weight is 375 g/mol. The van der Waals surface area contributed by atoms with E-state index in [2.05, 4.69) is 57.6 Å². The predicted molar refractivity (Wildman–Crippen MR) is 85.0 cm³/mol. The molecule has 1 atom stereocenters. The first-order valence-corrected chi connectivity index (χ1v) is 8.09. The van der Waals surface area contributed by atoms with Gasteiger partial charge in [-0.3, -0.25) is 4.68 Å². The van der Waals surface area contributed by atoms with Crippen molar-refractivity contribution >= 4 is 33.9 Å². The molecule has 98 valence electrons. The van der Waals surface area contributed by atoms with E-state index in [-0.39, 0.29) is 0 Å². The normalized spacial score (nSPS) is 12.8. The largest absolute Gasteiger partial charge is 0.310 e. The summed E-state index contributed by atoms with van der Waals surface area (Å²) in [5.74, 6) is 0. The highest BCUT2D eigenvalue weighted by atomic mass is 127. The van der Waals surface area contributed by atoms with E-state index in [1.165, 1.54) is 14.0 Å². The number of aromatic nitrogens is 2. The van der Waals surface area contributed by atoms with Gasteiger partial charge in [-0.15, -0.1) is 11.3 Å². The van der Waals surface area contributed by atoms with Gasteiger partial charge in [0.05, 0.1) is 9.08 Å². The standard InChI is InChI=1S/C13H18IN3S/c1-3-15-12(11-6-13(14)18-9-11)5-4-10-7-16-17(2)8-10/h6-9,12,15H,3-5H2,1-2H3. The second kappa shape index (κ2) is 6.68. The molecule has 2 heterocycles. The van der Waals surface area contributed by atoms with Gasteiger partial charge in [0.15, 0.2) is 0 Å². The van der Waals surface area contributed by atoms with Crippen molar-refractivity contribution in [3.05, 3.63) is 37.9 Å². The monoisotopic (exact) mass is 375 g/mol. The summed E-state index contributed by atoms with van der Waals surface area (Å²) >= 11 is 4.20. The number of thiophene rings is 1. The van der Waals surface area contributed by atoms with Gasteiger partial charge in [-0.1, -0.05) is 6.92 Å². The number of hydrogen-bond acceptors (Lipinski definition) is 3. The van der Waals surface area contributed by atoms with Gasteiger partial charge < -0.3 is 5.32 Å². The van der Waals surface area contributed by atoms with Crippen LogP contribution in [0.15, 0.2) is 23.8 Å². The molecule has 0 amide bonds. The van der Waals surface area contributed by atoms with Crippen LogP contribution in [0, 0.1) is 2.88 Å². The lowest BCUT2D eigenvalue weighted by Crippen LogP contribution is -2.21. The third-order valence-corrected chi connectivity index (χ3v) is 4.73. The Bertz CT molecular complexity index is 492. The van der Waals surface area contributed by atoms with Crippen LogP contribution in [0.2, 0.25) is 0 Å². The fraction of sp³-hybridized carbons (Fsp3) is 0.462. The van der Waals surface area contributed by atoms with Crippen molar-refractivity contribution in [1.29, 1.82) is 0 Å². The Hall–Kier alpha value is -0.400.